The molecule has 2 nitrogen and oxygen atoms in total. The van der Waals surface area contributed by atoms with E-state index < -0.39 is 0 Å². The lowest BCUT2D eigenvalue weighted by Crippen LogP contribution is -2.45. The molecule has 2 heteroatoms. The third-order valence-corrected chi connectivity index (χ3v) is 3.70. The highest BCUT2D eigenvalue weighted by Crippen LogP contribution is 2.27. The highest BCUT2D eigenvalue weighted by atomic mass is 15.2. The van der Waals surface area contributed by atoms with E-state index in [4.69, 9.17) is 0 Å². The van der Waals surface area contributed by atoms with Crippen molar-refractivity contribution in [2.75, 3.05) is 6.54 Å². The van der Waals surface area contributed by atoms with Crippen molar-refractivity contribution in [2.24, 2.45) is 0 Å². The first-order valence-electron chi connectivity index (χ1n) is 6.24. The summed E-state index contributed by atoms with van der Waals surface area (Å²) >= 11 is 0. The lowest BCUT2D eigenvalue weighted by molar-refractivity contribution is 0.184. The van der Waals surface area contributed by atoms with Crippen LogP contribution in [0.5, 0.6) is 0 Å². The molecule has 0 aromatic carbocycles. The molecule has 0 bridgehead atoms. The van der Waals surface area contributed by atoms with Gasteiger partial charge in [0.15, 0.2) is 0 Å². The van der Waals surface area contributed by atoms with Crippen LogP contribution in [0, 0.1) is 0 Å². The summed E-state index contributed by atoms with van der Waals surface area (Å²) in [7, 11) is 0. The van der Waals surface area contributed by atoms with Crippen molar-refractivity contribution in [3.05, 3.63) is 0 Å². The molecule has 2 fully saturated rings. The van der Waals surface area contributed by atoms with E-state index in [1.807, 2.05) is 0 Å². The van der Waals surface area contributed by atoms with E-state index in [-0.39, 0.29) is 0 Å². The summed E-state index contributed by atoms with van der Waals surface area (Å²) in [5, 5.41) is 3.80. The van der Waals surface area contributed by atoms with Crippen LogP contribution < -0.4 is 5.32 Å². The van der Waals surface area contributed by atoms with E-state index in [1.165, 1.54) is 32.2 Å². The topological polar surface area (TPSA) is 15.3 Å². The van der Waals surface area contributed by atoms with Gasteiger partial charge in [0.05, 0.1) is 0 Å². The van der Waals surface area contributed by atoms with Crippen molar-refractivity contribution in [1.29, 1.82) is 0 Å². The normalized spacial score (nSPS) is 34.3. The Morgan fingerprint density at radius 3 is 2.50 bits per heavy atom. The molecule has 0 aromatic heterocycles. The second kappa shape index (κ2) is 4.19. The summed E-state index contributed by atoms with van der Waals surface area (Å²) < 4.78 is 0. The van der Waals surface area contributed by atoms with Crippen LogP contribution in [0.2, 0.25) is 0 Å². The van der Waals surface area contributed by atoms with Gasteiger partial charge in [-0.2, -0.15) is 0 Å². The fourth-order valence-electron chi connectivity index (χ4n) is 2.78. The summed E-state index contributed by atoms with van der Waals surface area (Å²) in [5.41, 5.74) is 0. The van der Waals surface area contributed by atoms with Crippen molar-refractivity contribution in [3.63, 3.8) is 0 Å². The van der Waals surface area contributed by atoms with Gasteiger partial charge in [-0.3, -0.25) is 4.90 Å². The van der Waals surface area contributed by atoms with Crippen LogP contribution in [0.3, 0.4) is 0 Å². The summed E-state index contributed by atoms with van der Waals surface area (Å²) in [6.07, 6.45) is 5.47. The molecule has 2 unspecified atom stereocenters. The van der Waals surface area contributed by atoms with Crippen molar-refractivity contribution in [2.45, 2.75) is 70.6 Å². The highest BCUT2D eigenvalue weighted by Gasteiger charge is 2.36. The minimum Gasteiger partial charge on any atom is -0.310 e. The molecular formula is C12H24N2. The van der Waals surface area contributed by atoms with Gasteiger partial charge in [0.2, 0.25) is 0 Å². The minimum absolute atomic E-state index is 0.714. The molecule has 14 heavy (non-hydrogen) atoms. The number of hydrogen-bond acceptors (Lipinski definition) is 2. The molecule has 1 heterocycles. The van der Waals surface area contributed by atoms with Crippen molar-refractivity contribution < 1.29 is 0 Å². The van der Waals surface area contributed by atoms with E-state index in [1.54, 1.807) is 0 Å². The Labute approximate surface area is 88.1 Å². The largest absolute Gasteiger partial charge is 0.310 e. The molecule has 1 saturated carbocycles. The van der Waals surface area contributed by atoms with Crippen LogP contribution in [-0.4, -0.2) is 35.6 Å². The Kier molecular flexibility index (Phi) is 3.13. The van der Waals surface area contributed by atoms with E-state index in [2.05, 4.69) is 31.0 Å². The maximum atomic E-state index is 3.80. The molecular weight excluding hydrogens is 172 g/mol. The van der Waals surface area contributed by atoms with Crippen LogP contribution in [0.1, 0.15) is 46.5 Å². The van der Waals surface area contributed by atoms with Gasteiger partial charge in [-0.25, -0.2) is 0 Å². The van der Waals surface area contributed by atoms with E-state index in [0.29, 0.717) is 6.04 Å². The first-order valence-corrected chi connectivity index (χ1v) is 6.24. The number of rotatable bonds is 4. The van der Waals surface area contributed by atoms with Gasteiger partial charge >= 0.3 is 0 Å². The van der Waals surface area contributed by atoms with Crippen LogP contribution in [0.4, 0.5) is 0 Å². The van der Waals surface area contributed by atoms with Crippen molar-refractivity contribution >= 4 is 0 Å². The van der Waals surface area contributed by atoms with Gasteiger partial charge in [-0.15, -0.1) is 0 Å². The van der Waals surface area contributed by atoms with Crippen molar-refractivity contribution in [1.82, 2.24) is 10.2 Å². The minimum atomic E-state index is 0.714. The number of nitrogens with one attached hydrogen (secondary N) is 1. The lowest BCUT2D eigenvalue weighted by atomic mass is 10.1. The summed E-state index contributed by atoms with van der Waals surface area (Å²) in [5.74, 6) is 0. The molecule has 1 saturated heterocycles. The predicted octanol–water partition coefficient (Wildman–Crippen LogP) is 2.00. The van der Waals surface area contributed by atoms with Crippen LogP contribution in [-0.2, 0) is 0 Å². The third kappa shape index (κ3) is 2.12. The van der Waals surface area contributed by atoms with E-state index in [0.717, 1.165) is 18.1 Å². The summed E-state index contributed by atoms with van der Waals surface area (Å²) in [6, 6.07) is 3.14. The zero-order valence-corrected chi connectivity index (χ0v) is 9.79. The zero-order chi connectivity index (χ0) is 10.1. The first kappa shape index (κ1) is 10.4. The average molecular weight is 196 g/mol. The second-order valence-electron chi connectivity index (χ2n) is 5.14. The first-order chi connectivity index (χ1) is 6.72. The summed E-state index contributed by atoms with van der Waals surface area (Å²) in [6.45, 7) is 8.26. The molecule has 0 aromatic rings. The van der Waals surface area contributed by atoms with Gasteiger partial charge in [0.1, 0.15) is 0 Å². The monoisotopic (exact) mass is 196 g/mol. The Hall–Kier alpha value is -0.0800. The number of hydrogen-bond donors (Lipinski definition) is 1. The Bertz CT molecular complexity index is 187. The molecule has 2 rings (SSSR count). The number of likely N-dealkylation sites (tertiary alicyclic amines) is 1. The maximum Gasteiger partial charge on any atom is 0.0250 e. The quantitative estimate of drug-likeness (QED) is 0.740. The molecule has 0 spiro atoms. The fraction of sp³-hybridized carbons (Fsp3) is 1.00. The van der Waals surface area contributed by atoms with Gasteiger partial charge < -0.3 is 5.32 Å². The molecule has 2 aliphatic rings. The average Bonchev–Trinajstić information content (AvgIpc) is 2.83. The third-order valence-electron chi connectivity index (χ3n) is 3.70. The Morgan fingerprint density at radius 1 is 1.29 bits per heavy atom. The second-order valence-corrected chi connectivity index (χ2v) is 5.14. The number of nitrogens with zero attached hydrogens (tertiary/aromatic N) is 1. The maximum absolute atomic E-state index is 3.80. The predicted molar refractivity (Wildman–Crippen MR) is 60.5 cm³/mol. The molecule has 82 valence electrons. The van der Waals surface area contributed by atoms with E-state index in [9.17, 15) is 0 Å². The lowest BCUT2D eigenvalue weighted by Gasteiger charge is -2.30. The van der Waals surface area contributed by atoms with Gasteiger partial charge in [0.25, 0.3) is 0 Å². The molecule has 1 aliphatic heterocycles. The van der Waals surface area contributed by atoms with Crippen molar-refractivity contribution in [3.8, 4) is 0 Å². The Balaban J connectivity index is 1.91. The molecule has 2 atom stereocenters. The highest BCUT2D eigenvalue weighted by molar-refractivity contribution is 4.96. The van der Waals surface area contributed by atoms with E-state index >= 15 is 0 Å². The standard InChI is InChI=1S/C12H24N2/c1-4-12-11(13-10-5-6-10)7-8-14(12)9(2)3/h9-13H,4-8H2,1-3H3. The molecule has 1 aliphatic carbocycles. The molecule has 0 radical (unpaired) electrons. The smallest absolute Gasteiger partial charge is 0.0250 e. The van der Waals surface area contributed by atoms with Crippen LogP contribution >= 0.6 is 0 Å². The summed E-state index contributed by atoms with van der Waals surface area (Å²) in [4.78, 5) is 2.67. The SMILES string of the molecule is CCC1C(NC2CC2)CCN1C(C)C. The fourth-order valence-corrected chi connectivity index (χ4v) is 2.78. The van der Waals surface area contributed by atoms with Gasteiger partial charge in [-0.1, -0.05) is 6.92 Å². The Morgan fingerprint density at radius 2 is 2.00 bits per heavy atom. The van der Waals surface area contributed by atoms with Gasteiger partial charge in [-0.05, 0) is 39.5 Å². The van der Waals surface area contributed by atoms with Gasteiger partial charge in [0, 0.05) is 30.7 Å². The molecule has 1 N–H and O–H groups in total. The molecule has 0 amide bonds. The van der Waals surface area contributed by atoms with Crippen LogP contribution in [0.15, 0.2) is 0 Å². The zero-order valence-electron chi connectivity index (χ0n) is 9.79. The van der Waals surface area contributed by atoms with Crippen LogP contribution in [0.25, 0.3) is 0 Å².